The predicted molar refractivity (Wildman–Crippen MR) is 126 cm³/mol. The van der Waals surface area contributed by atoms with Gasteiger partial charge in [-0.2, -0.15) is 0 Å². The number of hydrogen-bond donors (Lipinski definition) is 7. The second kappa shape index (κ2) is 12.5. The lowest BCUT2D eigenvalue weighted by atomic mass is 10.0. The number of amides is 3. The Labute approximate surface area is 201 Å². The summed E-state index contributed by atoms with van der Waals surface area (Å²) in [5, 5.41) is 26.4. The van der Waals surface area contributed by atoms with E-state index in [0.29, 0.717) is 12.0 Å². The number of H-pyrrole nitrogens is 1. The van der Waals surface area contributed by atoms with Gasteiger partial charge in [-0.25, -0.2) is 4.79 Å². The fourth-order valence-electron chi connectivity index (χ4n) is 3.54. The predicted octanol–water partition coefficient (Wildman–Crippen LogP) is -0.271. The highest BCUT2D eigenvalue weighted by Crippen LogP contribution is 2.19. The van der Waals surface area contributed by atoms with Crippen LogP contribution in [0.3, 0.4) is 0 Å². The lowest BCUT2D eigenvalue weighted by molar-refractivity contribution is -0.143. The third-order valence-electron chi connectivity index (χ3n) is 5.23. The van der Waals surface area contributed by atoms with Gasteiger partial charge in [-0.1, -0.05) is 32.0 Å². The lowest BCUT2D eigenvalue weighted by Crippen LogP contribution is -2.54. The SMILES string of the molecule is CC(C)CC(N)C(=O)NCC(=O)NC(CC(=O)O)C(=O)NC(Cc1c[nH]c2ccccc12)C(=O)O. The van der Waals surface area contributed by atoms with Gasteiger partial charge < -0.3 is 36.9 Å². The van der Waals surface area contributed by atoms with Crippen LogP contribution in [0.5, 0.6) is 0 Å². The molecule has 0 aliphatic carbocycles. The van der Waals surface area contributed by atoms with E-state index >= 15 is 0 Å². The number of benzene rings is 1. The van der Waals surface area contributed by atoms with Crippen LogP contribution in [0.25, 0.3) is 10.9 Å². The molecule has 8 N–H and O–H groups in total. The van der Waals surface area contributed by atoms with Crippen molar-refractivity contribution >= 4 is 40.6 Å². The Kier molecular flexibility index (Phi) is 9.76. The average Bonchev–Trinajstić information content (AvgIpc) is 3.18. The molecule has 3 unspecified atom stereocenters. The molecule has 3 amide bonds. The minimum atomic E-state index is -1.55. The Bertz CT molecular complexity index is 1080. The molecule has 190 valence electrons. The van der Waals surface area contributed by atoms with Crippen molar-refractivity contribution in [1.82, 2.24) is 20.9 Å². The summed E-state index contributed by atoms with van der Waals surface area (Å²) in [5.74, 6) is -4.89. The molecule has 0 fully saturated rings. The first-order valence-corrected chi connectivity index (χ1v) is 11.1. The van der Waals surface area contributed by atoms with Crippen LogP contribution in [0, 0.1) is 5.92 Å². The maximum atomic E-state index is 12.7. The van der Waals surface area contributed by atoms with E-state index in [0.717, 1.165) is 10.9 Å². The minimum Gasteiger partial charge on any atom is -0.481 e. The van der Waals surface area contributed by atoms with E-state index in [4.69, 9.17) is 10.8 Å². The van der Waals surface area contributed by atoms with Crippen molar-refractivity contribution in [1.29, 1.82) is 0 Å². The first-order valence-electron chi connectivity index (χ1n) is 11.1. The summed E-state index contributed by atoms with van der Waals surface area (Å²) in [6.07, 6.45) is 1.20. The Balaban J connectivity index is 2.03. The van der Waals surface area contributed by atoms with Gasteiger partial charge in [0.1, 0.15) is 12.1 Å². The third-order valence-corrected chi connectivity index (χ3v) is 5.23. The quantitative estimate of drug-likeness (QED) is 0.199. The molecule has 2 aromatic rings. The molecule has 2 rings (SSSR count). The zero-order valence-electron chi connectivity index (χ0n) is 19.5. The number of para-hydroxylation sites is 1. The summed E-state index contributed by atoms with van der Waals surface area (Å²) in [4.78, 5) is 63.0. The van der Waals surface area contributed by atoms with E-state index < -0.39 is 60.8 Å². The zero-order valence-corrected chi connectivity index (χ0v) is 19.5. The van der Waals surface area contributed by atoms with Gasteiger partial charge in [0.25, 0.3) is 0 Å². The maximum Gasteiger partial charge on any atom is 0.326 e. The van der Waals surface area contributed by atoms with Gasteiger partial charge in [0.05, 0.1) is 19.0 Å². The van der Waals surface area contributed by atoms with Gasteiger partial charge in [0, 0.05) is 23.5 Å². The monoisotopic (exact) mass is 489 g/mol. The van der Waals surface area contributed by atoms with E-state index in [2.05, 4.69) is 20.9 Å². The molecule has 35 heavy (non-hydrogen) atoms. The molecule has 3 atom stereocenters. The van der Waals surface area contributed by atoms with Crippen molar-refractivity contribution in [3.63, 3.8) is 0 Å². The lowest BCUT2D eigenvalue weighted by Gasteiger charge is -2.21. The molecule has 1 aromatic heterocycles. The molecule has 0 spiro atoms. The average molecular weight is 490 g/mol. The molecule has 12 nitrogen and oxygen atoms in total. The number of rotatable bonds is 13. The fraction of sp³-hybridized carbons (Fsp3) is 0.435. The van der Waals surface area contributed by atoms with Crippen molar-refractivity contribution in [2.45, 2.75) is 51.2 Å². The van der Waals surface area contributed by atoms with Gasteiger partial charge in [-0.3, -0.25) is 19.2 Å². The van der Waals surface area contributed by atoms with Crippen molar-refractivity contribution in [3.05, 3.63) is 36.0 Å². The Morgan fingerprint density at radius 1 is 1.00 bits per heavy atom. The normalized spacial score (nSPS) is 13.6. The number of fused-ring (bicyclic) bond motifs is 1. The second-order valence-corrected chi connectivity index (χ2v) is 8.63. The van der Waals surface area contributed by atoms with Gasteiger partial charge in [-0.05, 0) is 24.0 Å². The largest absolute Gasteiger partial charge is 0.481 e. The second-order valence-electron chi connectivity index (χ2n) is 8.63. The van der Waals surface area contributed by atoms with Crippen molar-refractivity contribution in [2.24, 2.45) is 11.7 Å². The van der Waals surface area contributed by atoms with Crippen LogP contribution >= 0.6 is 0 Å². The number of aromatic nitrogens is 1. The molecule has 0 bridgehead atoms. The molecule has 0 saturated carbocycles. The summed E-state index contributed by atoms with van der Waals surface area (Å²) in [7, 11) is 0. The topological polar surface area (TPSA) is 204 Å². The summed E-state index contributed by atoms with van der Waals surface area (Å²) >= 11 is 0. The molecule has 0 saturated heterocycles. The molecular weight excluding hydrogens is 458 g/mol. The highest BCUT2D eigenvalue weighted by Gasteiger charge is 2.29. The smallest absolute Gasteiger partial charge is 0.326 e. The van der Waals surface area contributed by atoms with E-state index in [1.807, 2.05) is 26.0 Å². The number of nitrogens with one attached hydrogen (secondary N) is 4. The van der Waals surface area contributed by atoms with E-state index in [1.54, 1.807) is 18.3 Å². The maximum absolute atomic E-state index is 12.7. The summed E-state index contributed by atoms with van der Waals surface area (Å²) in [5.41, 5.74) is 7.19. The van der Waals surface area contributed by atoms with Crippen LogP contribution in [-0.4, -0.2) is 69.5 Å². The van der Waals surface area contributed by atoms with Crippen LogP contribution < -0.4 is 21.7 Å². The number of carboxylic acid groups (broad SMARTS) is 2. The molecule has 1 heterocycles. The standard InChI is InChI=1S/C23H31N5O7/c1-12(2)7-15(24)21(32)26-11-19(29)27-17(9-20(30)31)22(33)28-18(23(34)35)8-13-10-25-16-6-4-3-5-14(13)16/h3-6,10,12,15,17-18,25H,7-9,11,24H2,1-2H3,(H,26,32)(H,27,29)(H,28,33)(H,30,31)(H,34,35). The number of carbonyl (C=O) groups is 5. The van der Waals surface area contributed by atoms with Crippen LogP contribution in [0.2, 0.25) is 0 Å². The Hall–Kier alpha value is -3.93. The van der Waals surface area contributed by atoms with Gasteiger partial charge in [-0.15, -0.1) is 0 Å². The van der Waals surface area contributed by atoms with Gasteiger partial charge >= 0.3 is 11.9 Å². The van der Waals surface area contributed by atoms with Crippen LogP contribution in [0.15, 0.2) is 30.5 Å². The molecular formula is C23H31N5O7. The summed E-state index contributed by atoms with van der Waals surface area (Å²) in [6, 6.07) is 3.49. The molecule has 12 heteroatoms. The Morgan fingerprint density at radius 3 is 2.31 bits per heavy atom. The number of aromatic amines is 1. The van der Waals surface area contributed by atoms with Crippen molar-refractivity contribution in [3.8, 4) is 0 Å². The van der Waals surface area contributed by atoms with Gasteiger partial charge in [0.2, 0.25) is 17.7 Å². The Morgan fingerprint density at radius 2 is 1.69 bits per heavy atom. The number of aliphatic carboxylic acids is 2. The van der Waals surface area contributed by atoms with E-state index in [9.17, 15) is 29.1 Å². The van der Waals surface area contributed by atoms with Crippen LogP contribution in [0.4, 0.5) is 0 Å². The van der Waals surface area contributed by atoms with E-state index in [-0.39, 0.29) is 12.3 Å². The fourth-order valence-corrected chi connectivity index (χ4v) is 3.54. The number of hydrogen-bond acceptors (Lipinski definition) is 6. The highest BCUT2D eigenvalue weighted by atomic mass is 16.4. The highest BCUT2D eigenvalue weighted by molar-refractivity contribution is 5.94. The van der Waals surface area contributed by atoms with Crippen LogP contribution in [0.1, 0.15) is 32.3 Å². The van der Waals surface area contributed by atoms with Crippen LogP contribution in [-0.2, 0) is 30.4 Å². The summed E-state index contributed by atoms with van der Waals surface area (Å²) < 4.78 is 0. The number of carboxylic acids is 2. The van der Waals surface area contributed by atoms with Gasteiger partial charge in [0.15, 0.2) is 0 Å². The summed E-state index contributed by atoms with van der Waals surface area (Å²) in [6.45, 7) is 3.25. The van der Waals surface area contributed by atoms with E-state index in [1.165, 1.54) is 0 Å². The first-order chi connectivity index (χ1) is 16.5. The molecule has 0 radical (unpaired) electrons. The number of nitrogens with two attached hydrogens (primary N) is 1. The van der Waals surface area contributed by atoms with Crippen molar-refractivity contribution in [2.75, 3.05) is 6.54 Å². The zero-order chi connectivity index (χ0) is 26.1. The third kappa shape index (κ3) is 8.41. The minimum absolute atomic E-state index is 0.0668. The molecule has 1 aromatic carbocycles. The first kappa shape index (κ1) is 27.3. The molecule has 0 aliphatic heterocycles. The van der Waals surface area contributed by atoms with Crippen molar-refractivity contribution < 1.29 is 34.2 Å². The molecule has 0 aliphatic rings. The number of carbonyl (C=O) groups excluding carboxylic acids is 3.